The number of carboxylic acids is 1. The van der Waals surface area contributed by atoms with Crippen molar-refractivity contribution in [2.45, 2.75) is 38.9 Å². The van der Waals surface area contributed by atoms with Gasteiger partial charge in [-0.2, -0.15) is 13.2 Å². The number of nitrogens with one attached hydrogen (secondary N) is 1. The molecule has 0 radical (unpaired) electrons. The summed E-state index contributed by atoms with van der Waals surface area (Å²) in [5.41, 5.74) is 4.54. The van der Waals surface area contributed by atoms with E-state index in [9.17, 15) is 22.8 Å². The first-order valence-electron chi connectivity index (χ1n) is 12.8. The molecular weight excluding hydrogens is 574 g/mol. The Morgan fingerprint density at radius 3 is 2.17 bits per heavy atom. The summed E-state index contributed by atoms with van der Waals surface area (Å²) >= 11 is 12.7. The summed E-state index contributed by atoms with van der Waals surface area (Å²) in [4.78, 5) is 23.1. The van der Waals surface area contributed by atoms with Crippen LogP contribution in [0.1, 0.15) is 46.3 Å². The first-order valence-corrected chi connectivity index (χ1v) is 13.5. The van der Waals surface area contributed by atoms with Crippen LogP contribution in [0.5, 0.6) is 0 Å². The molecule has 0 unspecified atom stereocenters. The highest BCUT2D eigenvalue weighted by atomic mass is 35.5. The molecule has 0 aromatic heterocycles. The molecule has 0 aliphatic carbocycles. The predicted molar refractivity (Wildman–Crippen MR) is 157 cm³/mol. The van der Waals surface area contributed by atoms with Crippen molar-refractivity contribution in [2.75, 3.05) is 5.32 Å². The molecule has 4 rings (SSSR count). The standard InChI is InChI=1S/C32H26Cl2F3NO3/c1-19-15-24(33)11-13-26(19)27-14-12-25(17-29(27)34)38-18-22-9-10-23(32(35,36)37)16-28(22)20-5-7-21(8-6-20)30(39)3-2-4-31(40)41/h5-17,38H,2-4,18H2,1H3,(H,40,41). The van der Waals surface area contributed by atoms with Gasteiger partial charge >= 0.3 is 12.1 Å². The normalized spacial score (nSPS) is 11.4. The number of alkyl halides is 3. The Morgan fingerprint density at radius 2 is 1.54 bits per heavy atom. The molecule has 4 nitrogen and oxygen atoms in total. The SMILES string of the molecule is Cc1cc(Cl)ccc1-c1ccc(NCc2ccc(C(F)(F)F)cc2-c2ccc(C(=O)CCCC(=O)O)cc2)cc1Cl. The first kappa shape index (κ1) is 30.2. The van der Waals surface area contributed by atoms with E-state index in [1.165, 1.54) is 6.07 Å². The Balaban J connectivity index is 1.57. The summed E-state index contributed by atoms with van der Waals surface area (Å²) in [6.07, 6.45) is -4.35. The summed E-state index contributed by atoms with van der Waals surface area (Å²) in [6, 6.07) is 20.9. The molecule has 212 valence electrons. The maximum Gasteiger partial charge on any atom is 0.416 e. The van der Waals surface area contributed by atoms with Crippen LogP contribution in [0, 0.1) is 6.92 Å². The zero-order chi connectivity index (χ0) is 29.7. The second kappa shape index (κ2) is 12.8. The molecular formula is C32H26Cl2F3NO3. The van der Waals surface area contributed by atoms with Gasteiger partial charge in [0.25, 0.3) is 0 Å². The smallest absolute Gasteiger partial charge is 0.416 e. The summed E-state index contributed by atoms with van der Waals surface area (Å²) in [6.45, 7) is 2.16. The van der Waals surface area contributed by atoms with E-state index < -0.39 is 17.7 Å². The van der Waals surface area contributed by atoms with Gasteiger partial charge < -0.3 is 10.4 Å². The number of hydrogen-bond acceptors (Lipinski definition) is 3. The number of ketones is 1. The molecule has 0 saturated heterocycles. The van der Waals surface area contributed by atoms with Gasteiger partial charge in [-0.3, -0.25) is 9.59 Å². The summed E-state index contributed by atoms with van der Waals surface area (Å²) in [7, 11) is 0. The van der Waals surface area contributed by atoms with Gasteiger partial charge in [-0.15, -0.1) is 0 Å². The highest BCUT2D eigenvalue weighted by molar-refractivity contribution is 6.34. The molecule has 2 N–H and O–H groups in total. The van der Waals surface area contributed by atoms with Crippen molar-refractivity contribution >= 4 is 40.6 Å². The van der Waals surface area contributed by atoms with E-state index in [2.05, 4.69) is 5.32 Å². The number of aliphatic carboxylic acids is 1. The molecule has 0 spiro atoms. The molecule has 0 aliphatic heterocycles. The van der Waals surface area contributed by atoms with Gasteiger partial charge in [-0.05, 0) is 77.6 Å². The molecule has 0 bridgehead atoms. The third-order valence-corrected chi connectivity index (χ3v) is 7.23. The van der Waals surface area contributed by atoms with Gasteiger partial charge in [0.05, 0.1) is 10.6 Å². The highest BCUT2D eigenvalue weighted by Gasteiger charge is 2.31. The molecule has 9 heteroatoms. The largest absolute Gasteiger partial charge is 0.481 e. The van der Waals surface area contributed by atoms with Crippen LogP contribution < -0.4 is 5.32 Å². The number of hydrogen-bond donors (Lipinski definition) is 2. The van der Waals surface area contributed by atoms with E-state index in [1.807, 2.05) is 31.2 Å². The van der Waals surface area contributed by atoms with Crippen LogP contribution in [0.2, 0.25) is 10.0 Å². The zero-order valence-electron chi connectivity index (χ0n) is 22.0. The molecule has 0 aliphatic rings. The summed E-state index contributed by atoms with van der Waals surface area (Å²) < 4.78 is 40.7. The van der Waals surface area contributed by atoms with E-state index in [0.29, 0.717) is 38.0 Å². The average Bonchev–Trinajstić information content (AvgIpc) is 2.91. The van der Waals surface area contributed by atoms with Crippen molar-refractivity contribution < 1.29 is 27.9 Å². The Hall–Kier alpha value is -3.81. The van der Waals surface area contributed by atoms with Gasteiger partial charge in [0.1, 0.15) is 0 Å². The Labute approximate surface area is 245 Å². The van der Waals surface area contributed by atoms with Crippen LogP contribution in [0.25, 0.3) is 22.3 Å². The van der Waals surface area contributed by atoms with E-state index >= 15 is 0 Å². The van der Waals surface area contributed by atoms with Crippen LogP contribution in [0.15, 0.2) is 78.9 Å². The molecule has 0 amide bonds. The van der Waals surface area contributed by atoms with Crippen LogP contribution in [-0.4, -0.2) is 16.9 Å². The Morgan fingerprint density at radius 1 is 0.829 bits per heavy atom. The molecule has 4 aromatic carbocycles. The van der Waals surface area contributed by atoms with Crippen molar-refractivity contribution in [3.63, 3.8) is 0 Å². The van der Waals surface area contributed by atoms with Crippen molar-refractivity contribution in [3.8, 4) is 22.3 Å². The lowest BCUT2D eigenvalue weighted by Gasteiger charge is -2.16. The Kier molecular flexibility index (Phi) is 9.41. The van der Waals surface area contributed by atoms with Crippen molar-refractivity contribution in [1.82, 2.24) is 0 Å². The molecule has 41 heavy (non-hydrogen) atoms. The minimum atomic E-state index is -4.52. The number of halogens is 5. The van der Waals surface area contributed by atoms with Crippen molar-refractivity contribution in [1.29, 1.82) is 0 Å². The number of Topliss-reactive ketones (excluding diaryl/α,β-unsaturated/α-hetero) is 1. The second-order valence-electron chi connectivity index (χ2n) is 9.62. The quantitative estimate of drug-likeness (QED) is 0.178. The number of carbonyl (C=O) groups is 2. The molecule has 0 fully saturated rings. The van der Waals surface area contributed by atoms with Gasteiger partial charge in [0.15, 0.2) is 5.78 Å². The van der Waals surface area contributed by atoms with Crippen LogP contribution in [-0.2, 0) is 17.5 Å². The third-order valence-electron chi connectivity index (χ3n) is 6.68. The lowest BCUT2D eigenvalue weighted by molar-refractivity contribution is -0.138. The fourth-order valence-electron chi connectivity index (χ4n) is 4.53. The lowest BCUT2D eigenvalue weighted by Crippen LogP contribution is -2.08. The first-order chi connectivity index (χ1) is 19.4. The molecule has 0 heterocycles. The zero-order valence-corrected chi connectivity index (χ0v) is 23.5. The maximum absolute atomic E-state index is 13.6. The van der Waals surface area contributed by atoms with Crippen LogP contribution in [0.3, 0.4) is 0 Å². The maximum atomic E-state index is 13.6. The van der Waals surface area contributed by atoms with E-state index in [0.717, 1.165) is 28.8 Å². The van der Waals surface area contributed by atoms with Crippen LogP contribution in [0.4, 0.5) is 18.9 Å². The number of carbonyl (C=O) groups excluding carboxylic acids is 1. The van der Waals surface area contributed by atoms with Crippen LogP contribution >= 0.6 is 23.2 Å². The fraction of sp³-hybridized carbons (Fsp3) is 0.188. The number of carboxylic acid groups (broad SMARTS) is 1. The molecule has 0 atom stereocenters. The van der Waals surface area contributed by atoms with Gasteiger partial charge in [0, 0.05) is 41.2 Å². The lowest BCUT2D eigenvalue weighted by atomic mass is 9.95. The number of aryl methyl sites for hydroxylation is 1. The Bertz CT molecular complexity index is 1580. The number of rotatable bonds is 10. The molecule has 4 aromatic rings. The van der Waals surface area contributed by atoms with E-state index in [4.69, 9.17) is 28.3 Å². The monoisotopic (exact) mass is 599 g/mol. The minimum absolute atomic E-state index is 0.0727. The minimum Gasteiger partial charge on any atom is -0.481 e. The van der Waals surface area contributed by atoms with Crippen molar-refractivity contribution in [2.24, 2.45) is 0 Å². The van der Waals surface area contributed by atoms with Gasteiger partial charge in [-0.1, -0.05) is 65.7 Å². The number of benzene rings is 4. The third kappa shape index (κ3) is 7.69. The van der Waals surface area contributed by atoms with Crippen molar-refractivity contribution in [3.05, 3.63) is 111 Å². The second-order valence-corrected chi connectivity index (χ2v) is 10.5. The average molecular weight is 600 g/mol. The topological polar surface area (TPSA) is 66.4 Å². The van der Waals surface area contributed by atoms with E-state index in [1.54, 1.807) is 36.4 Å². The fourth-order valence-corrected chi connectivity index (χ4v) is 5.03. The summed E-state index contributed by atoms with van der Waals surface area (Å²) in [5.74, 6) is -1.20. The highest BCUT2D eigenvalue weighted by Crippen LogP contribution is 2.36. The van der Waals surface area contributed by atoms with E-state index in [-0.39, 0.29) is 31.6 Å². The predicted octanol–water partition coefficient (Wildman–Crippen LogP) is 9.70. The van der Waals surface area contributed by atoms with Gasteiger partial charge in [-0.25, -0.2) is 0 Å². The number of anilines is 1. The summed E-state index contributed by atoms with van der Waals surface area (Å²) in [5, 5.41) is 13.2. The van der Waals surface area contributed by atoms with Gasteiger partial charge in [0.2, 0.25) is 0 Å². The molecule has 0 saturated carbocycles.